The van der Waals surface area contributed by atoms with Crippen LogP contribution in [0.25, 0.3) is 0 Å². The zero-order chi connectivity index (χ0) is 12.8. The molecular formula is C13H18N2O2S. The summed E-state index contributed by atoms with van der Waals surface area (Å²) >= 11 is 0. The third kappa shape index (κ3) is 2.12. The van der Waals surface area contributed by atoms with Gasteiger partial charge in [0.05, 0.1) is 4.90 Å². The van der Waals surface area contributed by atoms with Crippen LogP contribution in [0.4, 0.5) is 5.69 Å². The number of nitrogens with zero attached hydrogens (tertiary/aromatic N) is 1. The predicted octanol–water partition coefficient (Wildman–Crippen LogP) is 1.69. The molecule has 0 amide bonds. The minimum atomic E-state index is -3.31. The highest BCUT2D eigenvalue weighted by molar-refractivity contribution is 7.89. The summed E-state index contributed by atoms with van der Waals surface area (Å²) in [5.41, 5.74) is 2.18. The minimum Gasteiger partial charge on any atom is -0.384 e. The Morgan fingerprint density at radius 2 is 2.17 bits per heavy atom. The van der Waals surface area contributed by atoms with Crippen LogP contribution in [-0.4, -0.2) is 32.9 Å². The molecule has 0 bridgehead atoms. The van der Waals surface area contributed by atoms with Crippen LogP contribution in [0.2, 0.25) is 0 Å². The number of hydrogen-bond donors (Lipinski definition) is 1. The van der Waals surface area contributed by atoms with E-state index in [2.05, 4.69) is 5.32 Å². The number of benzene rings is 1. The molecule has 98 valence electrons. The van der Waals surface area contributed by atoms with Crippen molar-refractivity contribution in [3.8, 4) is 0 Å². The summed E-state index contributed by atoms with van der Waals surface area (Å²) in [5, 5.41) is 3.24. The van der Waals surface area contributed by atoms with Gasteiger partial charge < -0.3 is 5.32 Å². The maximum Gasteiger partial charge on any atom is 0.242 e. The molecule has 1 fully saturated rings. The van der Waals surface area contributed by atoms with Gasteiger partial charge in [-0.2, -0.15) is 0 Å². The number of anilines is 1. The minimum absolute atomic E-state index is 0.424. The van der Waals surface area contributed by atoms with Gasteiger partial charge in [-0.3, -0.25) is 0 Å². The quantitative estimate of drug-likeness (QED) is 0.902. The Morgan fingerprint density at radius 1 is 1.39 bits per heavy atom. The van der Waals surface area contributed by atoms with Crippen molar-refractivity contribution in [1.29, 1.82) is 0 Å². The van der Waals surface area contributed by atoms with Gasteiger partial charge >= 0.3 is 0 Å². The molecule has 4 nitrogen and oxygen atoms in total. The Labute approximate surface area is 108 Å². The molecule has 18 heavy (non-hydrogen) atoms. The zero-order valence-electron chi connectivity index (χ0n) is 10.5. The first-order valence-electron chi connectivity index (χ1n) is 6.40. The molecule has 0 saturated heterocycles. The van der Waals surface area contributed by atoms with Crippen LogP contribution < -0.4 is 5.32 Å². The summed E-state index contributed by atoms with van der Waals surface area (Å²) in [4.78, 5) is 0.424. The Morgan fingerprint density at radius 3 is 2.89 bits per heavy atom. The number of hydrogen-bond acceptors (Lipinski definition) is 3. The molecule has 1 aliphatic carbocycles. The van der Waals surface area contributed by atoms with Crippen molar-refractivity contribution in [2.75, 3.05) is 25.5 Å². The number of fused-ring (bicyclic) bond motifs is 1. The summed E-state index contributed by atoms with van der Waals surface area (Å²) in [5.74, 6) is 0.570. The zero-order valence-corrected chi connectivity index (χ0v) is 11.3. The molecule has 1 N–H and O–H groups in total. The maximum atomic E-state index is 12.4. The molecule has 0 atom stereocenters. The highest BCUT2D eigenvalue weighted by atomic mass is 32.2. The first-order chi connectivity index (χ1) is 8.57. The number of nitrogens with one attached hydrogen (secondary N) is 1. The first-order valence-corrected chi connectivity index (χ1v) is 7.84. The molecule has 0 radical (unpaired) electrons. The van der Waals surface area contributed by atoms with E-state index in [0.717, 1.165) is 37.1 Å². The van der Waals surface area contributed by atoms with Gasteiger partial charge in [0.15, 0.2) is 0 Å². The topological polar surface area (TPSA) is 49.4 Å². The second kappa shape index (κ2) is 4.24. The average Bonchev–Trinajstić information content (AvgIpc) is 3.03. The van der Waals surface area contributed by atoms with Crippen LogP contribution in [0.3, 0.4) is 0 Å². The van der Waals surface area contributed by atoms with E-state index in [9.17, 15) is 8.42 Å². The summed E-state index contributed by atoms with van der Waals surface area (Å²) < 4.78 is 26.3. The molecule has 1 saturated carbocycles. The van der Waals surface area contributed by atoms with E-state index in [-0.39, 0.29) is 0 Å². The van der Waals surface area contributed by atoms with E-state index < -0.39 is 10.0 Å². The maximum absolute atomic E-state index is 12.4. The second-order valence-electron chi connectivity index (χ2n) is 5.22. The van der Waals surface area contributed by atoms with Crippen molar-refractivity contribution in [3.63, 3.8) is 0 Å². The standard InChI is InChI=1S/C13H18N2O2S/c1-15(9-10-2-3-10)18(16,17)12-4-5-13-11(8-12)6-7-14-13/h4-5,8,10,14H,2-3,6-7,9H2,1H3. The lowest BCUT2D eigenvalue weighted by Gasteiger charge is -2.17. The summed E-state index contributed by atoms with van der Waals surface area (Å²) in [6.45, 7) is 1.55. The molecule has 1 aliphatic heterocycles. The fourth-order valence-electron chi connectivity index (χ4n) is 2.38. The van der Waals surface area contributed by atoms with E-state index in [4.69, 9.17) is 0 Å². The van der Waals surface area contributed by atoms with E-state index in [0.29, 0.717) is 17.4 Å². The SMILES string of the molecule is CN(CC1CC1)S(=O)(=O)c1ccc2c(c1)CCN2. The summed E-state index contributed by atoms with van der Waals surface area (Å²) in [6, 6.07) is 5.39. The lowest BCUT2D eigenvalue weighted by atomic mass is 10.2. The van der Waals surface area contributed by atoms with Crippen LogP contribution in [0.5, 0.6) is 0 Å². The fourth-order valence-corrected chi connectivity index (χ4v) is 3.68. The average molecular weight is 266 g/mol. The van der Waals surface area contributed by atoms with Gasteiger partial charge in [-0.15, -0.1) is 0 Å². The van der Waals surface area contributed by atoms with Crippen LogP contribution in [0.1, 0.15) is 18.4 Å². The molecule has 2 aliphatic rings. The first kappa shape index (κ1) is 12.0. The summed E-state index contributed by atoms with van der Waals surface area (Å²) in [6.07, 6.45) is 3.23. The van der Waals surface area contributed by atoms with Gasteiger partial charge in [0.2, 0.25) is 10.0 Å². The molecule has 5 heteroatoms. The van der Waals surface area contributed by atoms with Gasteiger partial charge in [0.1, 0.15) is 0 Å². The third-order valence-corrected chi connectivity index (χ3v) is 5.53. The lowest BCUT2D eigenvalue weighted by molar-refractivity contribution is 0.453. The predicted molar refractivity (Wildman–Crippen MR) is 71.2 cm³/mol. The highest BCUT2D eigenvalue weighted by Crippen LogP contribution is 2.32. The van der Waals surface area contributed by atoms with Crippen molar-refractivity contribution >= 4 is 15.7 Å². The Balaban J connectivity index is 1.88. The Hall–Kier alpha value is -1.07. The molecular weight excluding hydrogens is 248 g/mol. The Bertz CT molecular complexity index is 564. The van der Waals surface area contributed by atoms with Crippen molar-refractivity contribution in [2.24, 2.45) is 5.92 Å². The second-order valence-corrected chi connectivity index (χ2v) is 7.27. The van der Waals surface area contributed by atoms with E-state index in [1.54, 1.807) is 13.1 Å². The normalized spacial score (nSPS) is 18.8. The molecule has 0 aromatic heterocycles. The van der Waals surface area contributed by atoms with E-state index >= 15 is 0 Å². The van der Waals surface area contributed by atoms with E-state index in [1.807, 2.05) is 12.1 Å². The van der Waals surface area contributed by atoms with Gasteiger partial charge in [-0.05, 0) is 48.9 Å². The highest BCUT2D eigenvalue weighted by Gasteiger charge is 2.29. The summed E-state index contributed by atoms with van der Waals surface area (Å²) in [7, 11) is -1.63. The smallest absolute Gasteiger partial charge is 0.242 e. The van der Waals surface area contributed by atoms with Crippen LogP contribution >= 0.6 is 0 Å². The van der Waals surface area contributed by atoms with Gasteiger partial charge in [-0.1, -0.05) is 0 Å². The fraction of sp³-hybridized carbons (Fsp3) is 0.538. The molecule has 1 aromatic carbocycles. The Kier molecular flexibility index (Phi) is 2.83. The van der Waals surface area contributed by atoms with Crippen molar-refractivity contribution in [3.05, 3.63) is 23.8 Å². The van der Waals surface area contributed by atoms with Crippen molar-refractivity contribution in [1.82, 2.24) is 4.31 Å². The van der Waals surface area contributed by atoms with Crippen LogP contribution in [-0.2, 0) is 16.4 Å². The molecule has 3 rings (SSSR count). The largest absolute Gasteiger partial charge is 0.384 e. The monoisotopic (exact) mass is 266 g/mol. The van der Waals surface area contributed by atoms with Crippen LogP contribution in [0.15, 0.2) is 23.1 Å². The third-order valence-electron chi connectivity index (χ3n) is 3.71. The number of rotatable bonds is 4. The van der Waals surface area contributed by atoms with Gasteiger partial charge in [0.25, 0.3) is 0 Å². The number of sulfonamides is 1. The van der Waals surface area contributed by atoms with Crippen molar-refractivity contribution in [2.45, 2.75) is 24.2 Å². The lowest BCUT2D eigenvalue weighted by Crippen LogP contribution is -2.29. The molecule has 0 unspecified atom stereocenters. The molecule has 0 spiro atoms. The van der Waals surface area contributed by atoms with Crippen molar-refractivity contribution < 1.29 is 8.42 Å². The van der Waals surface area contributed by atoms with Gasteiger partial charge in [0, 0.05) is 25.8 Å². The van der Waals surface area contributed by atoms with E-state index in [1.165, 1.54) is 4.31 Å². The van der Waals surface area contributed by atoms with Crippen LogP contribution in [0, 0.1) is 5.92 Å². The molecule has 1 heterocycles. The molecule has 1 aromatic rings. The van der Waals surface area contributed by atoms with Gasteiger partial charge in [-0.25, -0.2) is 12.7 Å².